The van der Waals surface area contributed by atoms with Crippen LogP contribution < -0.4 is 0 Å². The molecule has 0 spiro atoms. The minimum Gasteiger partial charge on any atom is -0.394 e. The van der Waals surface area contributed by atoms with E-state index in [0.717, 1.165) is 0 Å². The van der Waals surface area contributed by atoms with Gasteiger partial charge in [-0.1, -0.05) is 6.08 Å². The van der Waals surface area contributed by atoms with Crippen LogP contribution in [0.5, 0.6) is 0 Å². The van der Waals surface area contributed by atoms with E-state index in [-0.39, 0.29) is 46.1 Å². The highest BCUT2D eigenvalue weighted by atomic mass is 19.1. The zero-order valence-corrected chi connectivity index (χ0v) is 21.2. The topological polar surface area (TPSA) is 86.6 Å². The number of hydrogen-bond donors (Lipinski definition) is 2. The molecule has 0 aliphatic rings. The molecule has 0 radical (unpaired) electrons. The Morgan fingerprint density at radius 1 is 0.844 bits per heavy atom. The van der Waals surface area contributed by atoms with Crippen LogP contribution in [0.4, 0.5) is 4.39 Å². The standard InChI is InChI=1S/C24H47FO7/c1-9-13-28-17-20(27)18-29-14-10-21(2,3)30-15-11-24(8,25)23(6,7)32-19-22(4,5)31-16-12-26/h9,20,26-27H,1,10-19H2,2-8H3. The summed E-state index contributed by atoms with van der Waals surface area (Å²) in [7, 11) is 0. The van der Waals surface area contributed by atoms with Gasteiger partial charge in [0.15, 0.2) is 0 Å². The van der Waals surface area contributed by atoms with Crippen molar-refractivity contribution in [1.82, 2.24) is 0 Å². The number of ether oxygens (including phenoxy) is 5. The molecule has 0 saturated carbocycles. The second kappa shape index (κ2) is 14.6. The van der Waals surface area contributed by atoms with Crippen molar-refractivity contribution in [3.63, 3.8) is 0 Å². The summed E-state index contributed by atoms with van der Waals surface area (Å²) >= 11 is 0. The molecule has 0 heterocycles. The number of alkyl halides is 1. The van der Waals surface area contributed by atoms with Crippen molar-refractivity contribution in [2.75, 3.05) is 52.9 Å². The van der Waals surface area contributed by atoms with Crippen molar-refractivity contribution >= 4 is 0 Å². The Balaban J connectivity index is 4.34. The fourth-order valence-corrected chi connectivity index (χ4v) is 2.63. The van der Waals surface area contributed by atoms with Gasteiger partial charge in [0.05, 0.1) is 63.1 Å². The van der Waals surface area contributed by atoms with Gasteiger partial charge in [0.1, 0.15) is 11.8 Å². The third-order valence-electron chi connectivity index (χ3n) is 5.39. The molecule has 0 amide bonds. The van der Waals surface area contributed by atoms with Gasteiger partial charge in [-0.25, -0.2) is 4.39 Å². The maximum Gasteiger partial charge on any atom is 0.138 e. The molecule has 2 N–H and O–H groups in total. The van der Waals surface area contributed by atoms with E-state index < -0.39 is 28.6 Å². The fraction of sp³-hybridized carbons (Fsp3) is 0.917. The van der Waals surface area contributed by atoms with Crippen LogP contribution in [-0.4, -0.2) is 91.6 Å². The summed E-state index contributed by atoms with van der Waals surface area (Å²) in [6.45, 7) is 17.8. The average molecular weight is 467 g/mol. The summed E-state index contributed by atoms with van der Waals surface area (Å²) in [6.07, 6.45) is 1.71. The minimum atomic E-state index is -1.62. The third-order valence-corrected chi connectivity index (χ3v) is 5.39. The second-order valence-electron chi connectivity index (χ2n) is 9.99. The van der Waals surface area contributed by atoms with E-state index in [1.165, 1.54) is 6.92 Å². The summed E-state index contributed by atoms with van der Waals surface area (Å²) in [5.74, 6) is 0. The van der Waals surface area contributed by atoms with Crippen molar-refractivity contribution in [3.8, 4) is 0 Å². The maximum absolute atomic E-state index is 15.4. The molecule has 0 fully saturated rings. The molecule has 0 aromatic carbocycles. The molecule has 2 atom stereocenters. The highest BCUT2D eigenvalue weighted by Gasteiger charge is 2.43. The Hall–Kier alpha value is -0.610. The van der Waals surface area contributed by atoms with Crippen LogP contribution in [0.2, 0.25) is 0 Å². The quantitative estimate of drug-likeness (QED) is 0.210. The van der Waals surface area contributed by atoms with Gasteiger partial charge in [-0.15, -0.1) is 6.58 Å². The van der Waals surface area contributed by atoms with E-state index in [2.05, 4.69) is 6.58 Å². The Morgan fingerprint density at radius 3 is 2.03 bits per heavy atom. The lowest BCUT2D eigenvalue weighted by atomic mass is 9.86. The Bertz CT molecular complexity index is 507. The van der Waals surface area contributed by atoms with Gasteiger partial charge in [-0.3, -0.25) is 0 Å². The molecule has 0 aliphatic heterocycles. The largest absolute Gasteiger partial charge is 0.394 e. The van der Waals surface area contributed by atoms with Crippen LogP contribution in [-0.2, 0) is 23.7 Å². The molecular weight excluding hydrogens is 419 g/mol. The highest BCUT2D eigenvalue weighted by Crippen LogP contribution is 2.34. The smallest absolute Gasteiger partial charge is 0.138 e. The Labute approximate surface area is 194 Å². The zero-order chi connectivity index (χ0) is 24.9. The van der Waals surface area contributed by atoms with E-state index in [4.69, 9.17) is 28.8 Å². The Morgan fingerprint density at radius 2 is 1.44 bits per heavy atom. The van der Waals surface area contributed by atoms with E-state index in [0.29, 0.717) is 19.6 Å². The maximum atomic E-state index is 15.4. The first-order valence-electron chi connectivity index (χ1n) is 11.3. The molecule has 0 aromatic heterocycles. The lowest BCUT2D eigenvalue weighted by molar-refractivity contribution is -0.174. The molecule has 0 aliphatic carbocycles. The summed E-state index contributed by atoms with van der Waals surface area (Å²) in [5, 5.41) is 18.7. The zero-order valence-electron chi connectivity index (χ0n) is 21.2. The molecule has 0 bridgehead atoms. The van der Waals surface area contributed by atoms with Gasteiger partial charge >= 0.3 is 0 Å². The van der Waals surface area contributed by atoms with Gasteiger partial charge in [0, 0.05) is 13.0 Å². The van der Waals surface area contributed by atoms with Crippen LogP contribution in [0, 0.1) is 0 Å². The van der Waals surface area contributed by atoms with E-state index in [1.807, 2.05) is 27.7 Å². The van der Waals surface area contributed by atoms with Crippen molar-refractivity contribution in [2.24, 2.45) is 0 Å². The molecule has 8 heteroatoms. The van der Waals surface area contributed by atoms with Gasteiger partial charge in [-0.05, 0) is 54.9 Å². The summed E-state index contributed by atoms with van der Waals surface area (Å²) in [5.41, 5.74) is -3.79. The highest BCUT2D eigenvalue weighted by molar-refractivity contribution is 4.93. The minimum absolute atomic E-state index is 0.0729. The summed E-state index contributed by atoms with van der Waals surface area (Å²) < 4.78 is 43.4. The van der Waals surface area contributed by atoms with Crippen molar-refractivity contribution in [1.29, 1.82) is 0 Å². The Kier molecular flexibility index (Phi) is 14.3. The number of halogens is 1. The van der Waals surface area contributed by atoms with Gasteiger partial charge in [-0.2, -0.15) is 0 Å². The van der Waals surface area contributed by atoms with Gasteiger partial charge < -0.3 is 33.9 Å². The lowest BCUT2D eigenvalue weighted by Gasteiger charge is -2.40. The monoisotopic (exact) mass is 466 g/mol. The molecule has 7 nitrogen and oxygen atoms in total. The van der Waals surface area contributed by atoms with Crippen LogP contribution >= 0.6 is 0 Å². The van der Waals surface area contributed by atoms with Crippen molar-refractivity contribution in [3.05, 3.63) is 12.7 Å². The van der Waals surface area contributed by atoms with E-state index in [9.17, 15) is 5.11 Å². The van der Waals surface area contributed by atoms with Crippen LogP contribution in [0.15, 0.2) is 12.7 Å². The SMILES string of the molecule is C=CCOCC(O)COCCC(C)(C)OCCC(C)(F)C(C)(C)OCC(C)(C)OCCO. The first-order chi connectivity index (χ1) is 14.7. The number of aliphatic hydroxyl groups is 2. The molecule has 0 saturated heterocycles. The average Bonchev–Trinajstić information content (AvgIpc) is 2.68. The first kappa shape index (κ1) is 31.4. The van der Waals surface area contributed by atoms with Crippen molar-refractivity contribution < 1.29 is 38.3 Å². The molecule has 2 unspecified atom stereocenters. The van der Waals surface area contributed by atoms with Gasteiger partial charge in [0.25, 0.3) is 0 Å². The fourth-order valence-electron chi connectivity index (χ4n) is 2.63. The predicted octanol–water partition coefficient (Wildman–Crippen LogP) is 3.45. The predicted molar refractivity (Wildman–Crippen MR) is 124 cm³/mol. The molecular formula is C24H47FO7. The van der Waals surface area contributed by atoms with E-state index >= 15 is 4.39 Å². The number of aliphatic hydroxyl groups excluding tert-OH is 2. The lowest BCUT2D eigenvalue weighted by Crippen LogP contribution is -2.50. The van der Waals surface area contributed by atoms with Crippen LogP contribution in [0.25, 0.3) is 0 Å². The molecule has 192 valence electrons. The second-order valence-corrected chi connectivity index (χ2v) is 9.99. The normalized spacial score (nSPS) is 16.1. The summed E-state index contributed by atoms with van der Waals surface area (Å²) in [6, 6.07) is 0. The number of rotatable bonds is 20. The molecule has 32 heavy (non-hydrogen) atoms. The van der Waals surface area contributed by atoms with Crippen LogP contribution in [0.1, 0.15) is 61.3 Å². The third kappa shape index (κ3) is 13.8. The van der Waals surface area contributed by atoms with E-state index in [1.54, 1.807) is 19.9 Å². The van der Waals surface area contributed by atoms with Gasteiger partial charge in [0.2, 0.25) is 0 Å². The first-order valence-corrected chi connectivity index (χ1v) is 11.3. The summed E-state index contributed by atoms with van der Waals surface area (Å²) in [4.78, 5) is 0. The molecule has 0 rings (SSSR count). The number of hydrogen-bond acceptors (Lipinski definition) is 7. The molecule has 0 aromatic rings. The van der Waals surface area contributed by atoms with Crippen molar-refractivity contribution in [2.45, 2.75) is 89.9 Å². The van der Waals surface area contributed by atoms with Crippen LogP contribution in [0.3, 0.4) is 0 Å².